The molecule has 0 spiro atoms. The summed E-state index contributed by atoms with van der Waals surface area (Å²) in [6.45, 7) is 6.50. The highest BCUT2D eigenvalue weighted by Crippen LogP contribution is 2.23. The summed E-state index contributed by atoms with van der Waals surface area (Å²) in [5.74, 6) is 0.732. The monoisotopic (exact) mass is 269 g/mol. The second kappa shape index (κ2) is 10.2. The van der Waals surface area contributed by atoms with Crippen LogP contribution in [0.4, 0.5) is 0 Å². The highest BCUT2D eigenvalue weighted by Gasteiger charge is 2.27. The van der Waals surface area contributed by atoms with Crippen LogP contribution >= 0.6 is 0 Å². The van der Waals surface area contributed by atoms with Gasteiger partial charge in [0.05, 0.1) is 12.5 Å². The quantitative estimate of drug-likeness (QED) is 0.514. The lowest BCUT2D eigenvalue weighted by Crippen LogP contribution is -2.40. The zero-order valence-corrected chi connectivity index (χ0v) is 12.7. The maximum absolute atomic E-state index is 11.7. The fourth-order valence-electron chi connectivity index (χ4n) is 2.90. The molecule has 0 bridgehead atoms. The first-order valence-corrected chi connectivity index (χ1v) is 8.15. The molecular formula is C16H31NO2. The van der Waals surface area contributed by atoms with E-state index in [4.69, 9.17) is 4.74 Å². The molecule has 0 aromatic rings. The van der Waals surface area contributed by atoms with E-state index in [1.165, 1.54) is 44.9 Å². The smallest absolute Gasteiger partial charge is 0.310 e. The zero-order valence-electron chi connectivity index (χ0n) is 12.7. The number of nitrogens with one attached hydrogen (secondary N) is 1. The summed E-state index contributed by atoms with van der Waals surface area (Å²) < 4.78 is 5.12. The Morgan fingerprint density at radius 3 is 2.58 bits per heavy atom. The van der Waals surface area contributed by atoms with Crippen LogP contribution in [-0.4, -0.2) is 25.7 Å². The maximum atomic E-state index is 11.7. The van der Waals surface area contributed by atoms with Crippen LogP contribution < -0.4 is 5.32 Å². The van der Waals surface area contributed by atoms with Gasteiger partial charge in [-0.1, -0.05) is 45.4 Å². The topological polar surface area (TPSA) is 38.3 Å². The summed E-state index contributed by atoms with van der Waals surface area (Å²) in [5, 5.41) is 3.38. The van der Waals surface area contributed by atoms with Crippen LogP contribution in [0.5, 0.6) is 0 Å². The Kier molecular flexibility index (Phi) is 8.89. The number of hydrogen-bond acceptors (Lipinski definition) is 3. The molecule has 1 aliphatic rings. The minimum Gasteiger partial charge on any atom is -0.466 e. The van der Waals surface area contributed by atoms with E-state index >= 15 is 0 Å². The first-order valence-electron chi connectivity index (χ1n) is 8.15. The number of carbonyl (C=O) groups excluding carboxylic acids is 1. The van der Waals surface area contributed by atoms with E-state index in [0.29, 0.717) is 12.5 Å². The molecule has 0 amide bonds. The van der Waals surface area contributed by atoms with Crippen molar-refractivity contribution in [2.45, 2.75) is 65.2 Å². The lowest BCUT2D eigenvalue weighted by molar-refractivity contribution is -0.149. The second-order valence-electron chi connectivity index (χ2n) is 5.77. The van der Waals surface area contributed by atoms with Crippen LogP contribution in [-0.2, 0) is 9.53 Å². The summed E-state index contributed by atoms with van der Waals surface area (Å²) in [7, 11) is 0. The third-order valence-corrected chi connectivity index (χ3v) is 4.03. The van der Waals surface area contributed by atoms with Crippen molar-refractivity contribution in [1.82, 2.24) is 5.32 Å². The number of ether oxygens (including phenoxy) is 1. The van der Waals surface area contributed by atoms with E-state index < -0.39 is 0 Å². The Balaban J connectivity index is 2.11. The molecule has 19 heavy (non-hydrogen) atoms. The summed E-state index contributed by atoms with van der Waals surface area (Å²) >= 11 is 0. The highest BCUT2D eigenvalue weighted by atomic mass is 16.5. The van der Waals surface area contributed by atoms with E-state index in [1.54, 1.807) is 0 Å². The van der Waals surface area contributed by atoms with Crippen molar-refractivity contribution in [2.75, 3.05) is 19.7 Å². The van der Waals surface area contributed by atoms with Gasteiger partial charge in [-0.2, -0.15) is 0 Å². The van der Waals surface area contributed by atoms with E-state index in [-0.39, 0.29) is 11.9 Å². The van der Waals surface area contributed by atoms with Crippen molar-refractivity contribution < 1.29 is 9.53 Å². The van der Waals surface area contributed by atoms with Gasteiger partial charge in [-0.05, 0) is 32.2 Å². The van der Waals surface area contributed by atoms with Gasteiger partial charge in [-0.25, -0.2) is 0 Å². The van der Waals surface area contributed by atoms with E-state index in [9.17, 15) is 4.79 Å². The van der Waals surface area contributed by atoms with Crippen LogP contribution in [0.1, 0.15) is 65.2 Å². The lowest BCUT2D eigenvalue weighted by atomic mass is 9.87. The average Bonchev–Trinajstić information content (AvgIpc) is 2.43. The predicted molar refractivity (Wildman–Crippen MR) is 79.1 cm³/mol. The van der Waals surface area contributed by atoms with Crippen LogP contribution in [0.15, 0.2) is 0 Å². The summed E-state index contributed by atoms with van der Waals surface area (Å²) in [5.41, 5.74) is 0. The average molecular weight is 269 g/mol. The number of unbranched alkanes of at least 4 members (excludes halogenated alkanes) is 5. The fraction of sp³-hybridized carbons (Fsp3) is 0.938. The normalized spacial score (nSPS) is 23.3. The second-order valence-corrected chi connectivity index (χ2v) is 5.77. The molecule has 2 unspecified atom stereocenters. The first-order chi connectivity index (χ1) is 9.27. The van der Waals surface area contributed by atoms with E-state index in [2.05, 4.69) is 12.2 Å². The van der Waals surface area contributed by atoms with Gasteiger partial charge in [0, 0.05) is 6.54 Å². The molecule has 1 saturated heterocycles. The Morgan fingerprint density at radius 2 is 1.84 bits per heavy atom. The zero-order chi connectivity index (χ0) is 13.9. The van der Waals surface area contributed by atoms with Crippen molar-refractivity contribution in [2.24, 2.45) is 11.8 Å². The van der Waals surface area contributed by atoms with Gasteiger partial charge in [0.1, 0.15) is 0 Å². The SMILES string of the molecule is CCCCCCCCC1CNCC(C(=O)OCC)C1. The van der Waals surface area contributed by atoms with Gasteiger partial charge < -0.3 is 10.1 Å². The lowest BCUT2D eigenvalue weighted by Gasteiger charge is -2.28. The van der Waals surface area contributed by atoms with Gasteiger partial charge in [0.15, 0.2) is 0 Å². The largest absolute Gasteiger partial charge is 0.466 e. The summed E-state index contributed by atoms with van der Waals surface area (Å²) in [6, 6.07) is 0. The Labute approximate surface area is 118 Å². The number of hydrogen-bond donors (Lipinski definition) is 1. The molecule has 1 N–H and O–H groups in total. The van der Waals surface area contributed by atoms with Crippen molar-refractivity contribution >= 4 is 5.97 Å². The molecule has 0 aromatic heterocycles. The van der Waals surface area contributed by atoms with Crippen molar-refractivity contribution in [3.63, 3.8) is 0 Å². The number of carbonyl (C=O) groups is 1. The Hall–Kier alpha value is -0.570. The van der Waals surface area contributed by atoms with Crippen molar-refractivity contribution in [1.29, 1.82) is 0 Å². The Morgan fingerprint density at radius 1 is 1.11 bits per heavy atom. The molecule has 1 heterocycles. The minimum atomic E-state index is -0.0114. The third-order valence-electron chi connectivity index (χ3n) is 4.03. The third kappa shape index (κ3) is 6.95. The maximum Gasteiger partial charge on any atom is 0.310 e. The fourth-order valence-corrected chi connectivity index (χ4v) is 2.90. The van der Waals surface area contributed by atoms with Crippen LogP contribution in [0.2, 0.25) is 0 Å². The van der Waals surface area contributed by atoms with Crippen LogP contribution in [0, 0.1) is 11.8 Å². The molecule has 1 fully saturated rings. The minimum absolute atomic E-state index is 0.0114. The molecule has 0 aliphatic carbocycles. The summed E-state index contributed by atoms with van der Waals surface area (Å²) in [4.78, 5) is 11.7. The van der Waals surface area contributed by atoms with E-state index in [1.807, 2.05) is 6.92 Å². The molecule has 0 radical (unpaired) electrons. The Bertz CT molecular complexity index is 243. The molecule has 1 rings (SSSR count). The first kappa shape index (κ1) is 16.5. The molecule has 0 saturated carbocycles. The van der Waals surface area contributed by atoms with Gasteiger partial charge in [-0.3, -0.25) is 4.79 Å². The molecule has 0 aromatic carbocycles. The molecule has 3 nitrogen and oxygen atoms in total. The number of piperidine rings is 1. The number of esters is 1. The standard InChI is InChI=1S/C16H31NO2/c1-3-5-6-7-8-9-10-14-11-15(13-17-12-14)16(18)19-4-2/h14-15,17H,3-13H2,1-2H3. The summed E-state index contributed by atoms with van der Waals surface area (Å²) in [6.07, 6.45) is 10.4. The molecule has 3 heteroatoms. The van der Waals surface area contributed by atoms with Crippen molar-refractivity contribution in [3.8, 4) is 0 Å². The molecule has 1 aliphatic heterocycles. The van der Waals surface area contributed by atoms with E-state index in [0.717, 1.165) is 19.5 Å². The van der Waals surface area contributed by atoms with Gasteiger partial charge in [0.2, 0.25) is 0 Å². The molecular weight excluding hydrogens is 238 g/mol. The predicted octanol–water partition coefficient (Wildman–Crippen LogP) is 3.53. The molecule has 2 atom stereocenters. The van der Waals surface area contributed by atoms with Crippen LogP contribution in [0.25, 0.3) is 0 Å². The highest BCUT2D eigenvalue weighted by molar-refractivity contribution is 5.72. The molecule has 112 valence electrons. The van der Waals surface area contributed by atoms with Gasteiger partial charge in [-0.15, -0.1) is 0 Å². The van der Waals surface area contributed by atoms with Crippen LogP contribution in [0.3, 0.4) is 0 Å². The number of rotatable bonds is 9. The van der Waals surface area contributed by atoms with Gasteiger partial charge >= 0.3 is 5.97 Å². The van der Waals surface area contributed by atoms with Crippen molar-refractivity contribution in [3.05, 3.63) is 0 Å². The van der Waals surface area contributed by atoms with Gasteiger partial charge in [0.25, 0.3) is 0 Å².